The molecule has 0 aliphatic carbocycles. The van der Waals surface area contributed by atoms with E-state index in [-0.39, 0.29) is 60.7 Å². The van der Waals surface area contributed by atoms with Gasteiger partial charge in [-0.2, -0.15) is 0 Å². The Bertz CT molecular complexity index is 1280. The van der Waals surface area contributed by atoms with E-state index in [1.54, 1.807) is 0 Å². The van der Waals surface area contributed by atoms with Crippen LogP contribution < -0.4 is 5.32 Å². The Hall–Kier alpha value is -2.48. The molecule has 40 heavy (non-hydrogen) atoms. The average Bonchev–Trinajstić information content (AvgIpc) is 3.31. The fraction of sp³-hybridized carbons (Fsp3) is 0.323. The summed E-state index contributed by atoms with van der Waals surface area (Å²) < 4.78 is 28.2. The molecule has 0 spiro atoms. The van der Waals surface area contributed by atoms with Gasteiger partial charge in [-0.15, -0.1) is 37.2 Å². The summed E-state index contributed by atoms with van der Waals surface area (Å²) in [5.41, 5.74) is 4.37. The summed E-state index contributed by atoms with van der Waals surface area (Å²) in [7, 11) is 0. The molecule has 1 aromatic heterocycles. The number of imidazole rings is 1. The second kappa shape index (κ2) is 14.4. The van der Waals surface area contributed by atoms with Crippen LogP contribution in [0.4, 0.5) is 8.78 Å². The lowest BCUT2D eigenvalue weighted by atomic mass is 9.65. The van der Waals surface area contributed by atoms with Crippen molar-refractivity contribution >= 4 is 37.2 Å². The van der Waals surface area contributed by atoms with Gasteiger partial charge in [-0.25, -0.2) is 13.8 Å². The van der Waals surface area contributed by atoms with Crippen molar-refractivity contribution in [2.24, 2.45) is 5.92 Å². The first kappa shape index (κ1) is 33.7. The number of hydrogen-bond donors (Lipinski definition) is 2. The summed E-state index contributed by atoms with van der Waals surface area (Å²) in [4.78, 5) is 11.4. The predicted molar refractivity (Wildman–Crippen MR) is 166 cm³/mol. The highest BCUT2D eigenvalue weighted by Gasteiger charge is 2.52. The topological polar surface area (TPSA) is 44.0 Å². The quantitative estimate of drug-likeness (QED) is 0.228. The summed E-state index contributed by atoms with van der Waals surface area (Å²) in [6.45, 7) is 9.96. The summed E-state index contributed by atoms with van der Waals surface area (Å²) >= 11 is 0. The minimum Gasteiger partial charge on any atom is -0.342 e. The first-order chi connectivity index (χ1) is 17.9. The van der Waals surface area contributed by atoms with Crippen LogP contribution >= 0.6 is 37.2 Å². The first-order valence-electron chi connectivity index (χ1n) is 13.0. The van der Waals surface area contributed by atoms with Gasteiger partial charge in [0.1, 0.15) is 17.5 Å². The third kappa shape index (κ3) is 6.37. The molecule has 1 fully saturated rings. The summed E-state index contributed by atoms with van der Waals surface area (Å²) in [5.74, 6) is 0.182. The highest BCUT2D eigenvalue weighted by Crippen LogP contribution is 2.51. The van der Waals surface area contributed by atoms with Gasteiger partial charge in [-0.3, -0.25) is 4.90 Å². The number of nitrogens with one attached hydrogen (secondary N) is 2. The zero-order chi connectivity index (χ0) is 26.0. The standard InChI is InChI=1S/C31H34F2N4.3ClH/c1-21(2)31(37-19-17-34-18-20-37,29-22(3)35-30(36-29)25-7-5-4-6-8-25)28(23-9-13-26(32)14-10-23)24-11-15-27(33)16-12-24;;;/h4-16,21,28,34H,17-20H2,1-3H3,(H,35,36);3*1H. The fourth-order valence-electron chi connectivity index (χ4n) is 6.07. The van der Waals surface area contributed by atoms with Crippen molar-refractivity contribution in [2.45, 2.75) is 32.2 Å². The number of piperazine rings is 1. The molecular weight excluding hydrogens is 573 g/mol. The number of aromatic nitrogens is 2. The lowest BCUT2D eigenvalue weighted by molar-refractivity contribution is 0.0108. The van der Waals surface area contributed by atoms with Crippen LogP contribution in [0.25, 0.3) is 11.4 Å². The summed E-state index contributed by atoms with van der Waals surface area (Å²) in [6.07, 6.45) is 0. The van der Waals surface area contributed by atoms with E-state index < -0.39 is 5.54 Å². The van der Waals surface area contributed by atoms with Crippen LogP contribution in [0, 0.1) is 24.5 Å². The van der Waals surface area contributed by atoms with Crippen molar-refractivity contribution in [1.82, 2.24) is 20.2 Å². The molecule has 2 N–H and O–H groups in total. The van der Waals surface area contributed by atoms with Gasteiger partial charge in [0, 0.05) is 43.4 Å². The fourth-order valence-corrected chi connectivity index (χ4v) is 6.07. The zero-order valence-corrected chi connectivity index (χ0v) is 25.3. The molecule has 9 heteroatoms. The van der Waals surface area contributed by atoms with E-state index in [0.717, 1.165) is 60.1 Å². The van der Waals surface area contributed by atoms with Gasteiger partial charge in [0.25, 0.3) is 0 Å². The third-order valence-corrected chi connectivity index (χ3v) is 7.68. The molecule has 1 aliphatic heterocycles. The molecule has 0 amide bonds. The molecule has 4 aromatic rings. The number of aromatic amines is 1. The molecule has 3 aromatic carbocycles. The predicted octanol–water partition coefficient (Wildman–Crippen LogP) is 7.52. The van der Waals surface area contributed by atoms with E-state index in [0.29, 0.717) is 0 Å². The van der Waals surface area contributed by atoms with Crippen LogP contribution in [-0.4, -0.2) is 41.0 Å². The van der Waals surface area contributed by atoms with Gasteiger partial charge in [-0.05, 0) is 48.2 Å². The maximum atomic E-state index is 14.1. The molecule has 1 atom stereocenters. The van der Waals surface area contributed by atoms with Crippen molar-refractivity contribution in [3.63, 3.8) is 0 Å². The van der Waals surface area contributed by atoms with Crippen molar-refractivity contribution in [2.75, 3.05) is 26.2 Å². The zero-order valence-electron chi connectivity index (χ0n) is 22.9. The molecule has 216 valence electrons. The number of nitrogens with zero attached hydrogens (tertiary/aromatic N) is 2. The molecular formula is C31H37Cl3F2N4. The van der Waals surface area contributed by atoms with Crippen molar-refractivity contribution in [1.29, 1.82) is 0 Å². The highest BCUT2D eigenvalue weighted by atomic mass is 35.5. The Morgan fingerprint density at radius 3 is 1.75 bits per heavy atom. The molecule has 2 heterocycles. The third-order valence-electron chi connectivity index (χ3n) is 7.68. The molecule has 1 aliphatic rings. The number of halogens is 5. The smallest absolute Gasteiger partial charge is 0.137 e. The largest absolute Gasteiger partial charge is 0.342 e. The van der Waals surface area contributed by atoms with Crippen LogP contribution in [0.2, 0.25) is 0 Å². The maximum absolute atomic E-state index is 14.1. The molecule has 1 saturated heterocycles. The lowest BCUT2D eigenvalue weighted by Gasteiger charge is -2.53. The molecule has 5 rings (SSSR count). The van der Waals surface area contributed by atoms with E-state index in [9.17, 15) is 8.78 Å². The molecule has 1 unspecified atom stereocenters. The Morgan fingerprint density at radius 1 is 0.775 bits per heavy atom. The first-order valence-corrected chi connectivity index (χ1v) is 13.0. The van der Waals surface area contributed by atoms with Gasteiger partial charge in [0.15, 0.2) is 0 Å². The minimum atomic E-state index is -0.578. The van der Waals surface area contributed by atoms with Gasteiger partial charge in [0.2, 0.25) is 0 Å². The maximum Gasteiger partial charge on any atom is 0.137 e. The van der Waals surface area contributed by atoms with Gasteiger partial charge in [-0.1, -0.05) is 68.4 Å². The number of H-pyrrole nitrogens is 1. The number of hydrogen-bond acceptors (Lipinski definition) is 3. The summed E-state index contributed by atoms with van der Waals surface area (Å²) in [5, 5.41) is 3.49. The van der Waals surface area contributed by atoms with Crippen molar-refractivity contribution in [3.05, 3.63) is 113 Å². The summed E-state index contributed by atoms with van der Waals surface area (Å²) in [6, 6.07) is 23.7. The van der Waals surface area contributed by atoms with Gasteiger partial charge >= 0.3 is 0 Å². The Balaban J connectivity index is 0.00000187. The van der Waals surface area contributed by atoms with E-state index >= 15 is 0 Å². The van der Waals surface area contributed by atoms with Gasteiger partial charge < -0.3 is 10.3 Å². The normalized spacial score (nSPS) is 15.1. The van der Waals surface area contributed by atoms with Gasteiger partial charge in [0.05, 0.1) is 11.2 Å². The van der Waals surface area contributed by atoms with Crippen LogP contribution in [0.5, 0.6) is 0 Å². The van der Waals surface area contributed by atoms with Crippen LogP contribution in [0.15, 0.2) is 78.9 Å². The Labute approximate surface area is 254 Å². The van der Waals surface area contributed by atoms with Crippen LogP contribution in [0.1, 0.15) is 42.3 Å². The van der Waals surface area contributed by atoms with E-state index in [2.05, 4.69) is 48.1 Å². The molecule has 4 nitrogen and oxygen atoms in total. The molecule has 0 saturated carbocycles. The van der Waals surface area contributed by atoms with Crippen LogP contribution in [-0.2, 0) is 5.54 Å². The van der Waals surface area contributed by atoms with Crippen LogP contribution in [0.3, 0.4) is 0 Å². The van der Waals surface area contributed by atoms with Crippen molar-refractivity contribution in [3.8, 4) is 11.4 Å². The second-order valence-corrected chi connectivity index (χ2v) is 10.2. The Morgan fingerprint density at radius 2 is 1.27 bits per heavy atom. The lowest BCUT2D eigenvalue weighted by Crippen LogP contribution is -2.60. The molecule has 0 radical (unpaired) electrons. The van der Waals surface area contributed by atoms with Crippen molar-refractivity contribution < 1.29 is 8.78 Å². The van der Waals surface area contributed by atoms with E-state index in [1.165, 1.54) is 24.3 Å². The number of rotatable bonds is 7. The molecule has 0 bridgehead atoms. The highest BCUT2D eigenvalue weighted by molar-refractivity contribution is 5.86. The number of benzene rings is 3. The monoisotopic (exact) mass is 608 g/mol. The van der Waals surface area contributed by atoms with E-state index in [4.69, 9.17) is 4.98 Å². The average molecular weight is 610 g/mol. The second-order valence-electron chi connectivity index (χ2n) is 10.2. The minimum absolute atomic E-state index is 0. The van der Waals surface area contributed by atoms with E-state index in [1.807, 2.05) is 42.5 Å². The SMILES string of the molecule is Cc1[nH]c(-c2ccccc2)nc1C(C(C)C)(C(c1ccc(F)cc1)c1ccc(F)cc1)N1CCNCC1.Cl.Cl.Cl. The Kier molecular flexibility index (Phi) is 12.2. The number of aryl methyl sites for hydroxylation is 1.